The van der Waals surface area contributed by atoms with Crippen molar-refractivity contribution in [3.05, 3.63) is 23.8 Å². The topological polar surface area (TPSA) is 72.9 Å². The summed E-state index contributed by atoms with van der Waals surface area (Å²) in [5, 5.41) is 0. The second-order valence-corrected chi connectivity index (χ2v) is 14.2. The summed E-state index contributed by atoms with van der Waals surface area (Å²) in [6.45, 7) is 11.0. The standard InChI is InChI=1S/C21H35NO5Si/c1-16(2)18-15-27-21(25)22(18)19(23)17(20(24)26-3)13-11-9-7-8-10-12-14-28(4,5)6/h10,12-13,16,18H,7-9,11,14-15H2,1-6H3/b12-10+,17-13+/t18-/m1/s1. The molecule has 0 aromatic carbocycles. The molecule has 6 nitrogen and oxygen atoms in total. The number of nitrogens with zero attached hydrogens (tertiary/aromatic N) is 1. The quantitative estimate of drug-likeness (QED) is 0.101. The molecule has 0 N–H and O–H groups in total. The van der Waals surface area contributed by atoms with Gasteiger partial charge in [-0.15, -0.1) is 0 Å². The van der Waals surface area contributed by atoms with E-state index in [4.69, 9.17) is 9.47 Å². The van der Waals surface area contributed by atoms with Crippen molar-refractivity contribution in [2.45, 2.75) is 71.3 Å². The van der Waals surface area contributed by atoms with Gasteiger partial charge in [-0.05, 0) is 37.6 Å². The molecule has 1 saturated heterocycles. The van der Waals surface area contributed by atoms with E-state index in [0.717, 1.165) is 24.2 Å². The summed E-state index contributed by atoms with van der Waals surface area (Å²) in [5.41, 5.74) is -0.0960. The zero-order valence-electron chi connectivity index (χ0n) is 18.1. The maximum Gasteiger partial charge on any atom is 0.417 e. The number of ether oxygens (including phenoxy) is 2. The lowest BCUT2D eigenvalue weighted by Crippen LogP contribution is -2.43. The van der Waals surface area contributed by atoms with E-state index in [0.29, 0.717) is 6.42 Å². The average Bonchev–Trinajstić information content (AvgIpc) is 3.00. The molecule has 158 valence electrons. The van der Waals surface area contributed by atoms with Crippen molar-refractivity contribution in [3.8, 4) is 0 Å². The maximum absolute atomic E-state index is 12.8. The van der Waals surface area contributed by atoms with Gasteiger partial charge in [-0.25, -0.2) is 14.5 Å². The van der Waals surface area contributed by atoms with Crippen LogP contribution in [0, 0.1) is 5.92 Å². The highest BCUT2D eigenvalue weighted by Gasteiger charge is 2.42. The van der Waals surface area contributed by atoms with Crippen LogP contribution < -0.4 is 0 Å². The molecule has 0 bridgehead atoms. The van der Waals surface area contributed by atoms with Crippen molar-refractivity contribution in [2.24, 2.45) is 5.92 Å². The predicted octanol–water partition coefficient (Wildman–Crippen LogP) is 4.54. The Labute approximate surface area is 170 Å². The van der Waals surface area contributed by atoms with Gasteiger partial charge in [0.05, 0.1) is 13.2 Å². The number of esters is 1. The highest BCUT2D eigenvalue weighted by Crippen LogP contribution is 2.22. The van der Waals surface area contributed by atoms with Crippen LogP contribution >= 0.6 is 0 Å². The third kappa shape index (κ3) is 7.62. The second kappa shape index (κ2) is 11.2. The molecule has 1 rings (SSSR count). The minimum atomic E-state index is -1.04. The third-order valence-corrected chi connectivity index (χ3v) is 6.06. The van der Waals surface area contributed by atoms with Crippen LogP contribution in [0.3, 0.4) is 0 Å². The van der Waals surface area contributed by atoms with Crippen molar-refractivity contribution in [3.63, 3.8) is 0 Å². The van der Waals surface area contributed by atoms with Gasteiger partial charge in [-0.1, -0.05) is 51.7 Å². The molecule has 0 saturated carbocycles. The Balaban J connectivity index is 2.66. The number of hydrogen-bond acceptors (Lipinski definition) is 5. The number of methoxy groups -OCH3 is 1. The Morgan fingerprint density at radius 2 is 1.86 bits per heavy atom. The number of unbranched alkanes of at least 4 members (excludes halogenated alkanes) is 3. The monoisotopic (exact) mass is 409 g/mol. The molecule has 0 aliphatic carbocycles. The number of amides is 2. The van der Waals surface area contributed by atoms with E-state index < -0.39 is 26.0 Å². The zero-order chi connectivity index (χ0) is 21.3. The van der Waals surface area contributed by atoms with E-state index in [-0.39, 0.29) is 24.1 Å². The summed E-state index contributed by atoms with van der Waals surface area (Å²) >= 11 is 0. The number of carbonyl (C=O) groups is 3. The zero-order valence-corrected chi connectivity index (χ0v) is 19.1. The fraction of sp³-hybridized carbons (Fsp3) is 0.667. The van der Waals surface area contributed by atoms with Crippen LogP contribution in [0.2, 0.25) is 25.7 Å². The largest absolute Gasteiger partial charge is 0.465 e. The average molecular weight is 410 g/mol. The lowest BCUT2D eigenvalue weighted by atomic mass is 10.0. The number of rotatable bonds is 10. The normalized spacial score (nSPS) is 18.1. The van der Waals surface area contributed by atoms with Crippen LogP contribution in [0.25, 0.3) is 0 Å². The number of imide groups is 1. The molecule has 2 amide bonds. The Morgan fingerprint density at radius 3 is 2.43 bits per heavy atom. The van der Waals surface area contributed by atoms with Crippen LogP contribution in [-0.2, 0) is 19.1 Å². The molecule has 1 fully saturated rings. The second-order valence-electron chi connectivity index (χ2n) is 8.69. The van der Waals surface area contributed by atoms with Crippen LogP contribution in [0.15, 0.2) is 23.8 Å². The van der Waals surface area contributed by atoms with Gasteiger partial charge in [0.2, 0.25) is 0 Å². The van der Waals surface area contributed by atoms with Gasteiger partial charge in [-0.2, -0.15) is 0 Å². The molecule has 0 spiro atoms. The Hall–Kier alpha value is -1.89. The molecule has 0 unspecified atom stereocenters. The van der Waals surface area contributed by atoms with Crippen molar-refractivity contribution in [1.82, 2.24) is 4.90 Å². The lowest BCUT2D eigenvalue weighted by Gasteiger charge is -2.22. The third-order valence-electron chi connectivity index (χ3n) is 4.60. The highest BCUT2D eigenvalue weighted by atomic mass is 28.3. The molecule has 7 heteroatoms. The van der Waals surface area contributed by atoms with Crippen molar-refractivity contribution >= 4 is 26.0 Å². The van der Waals surface area contributed by atoms with Crippen molar-refractivity contribution in [1.29, 1.82) is 0 Å². The first-order chi connectivity index (χ1) is 13.1. The SMILES string of the molecule is COC(=O)/C(=C/CCCC/C=C/C[Si](C)(C)C)C(=O)N1C(=O)OC[C@@H]1C(C)C. The number of carbonyl (C=O) groups excluding carboxylic acids is 3. The molecule has 1 aliphatic rings. The van der Waals surface area contributed by atoms with E-state index >= 15 is 0 Å². The van der Waals surface area contributed by atoms with Crippen LogP contribution in [0.4, 0.5) is 4.79 Å². The van der Waals surface area contributed by atoms with Gasteiger partial charge in [0.1, 0.15) is 12.2 Å². The summed E-state index contributed by atoms with van der Waals surface area (Å²) in [5.74, 6) is -1.32. The van der Waals surface area contributed by atoms with Crippen LogP contribution in [0.5, 0.6) is 0 Å². The number of hydrogen-bond donors (Lipinski definition) is 0. The predicted molar refractivity (Wildman–Crippen MR) is 113 cm³/mol. The lowest BCUT2D eigenvalue weighted by molar-refractivity contribution is -0.139. The first kappa shape index (κ1) is 24.1. The van der Waals surface area contributed by atoms with Gasteiger partial charge < -0.3 is 9.47 Å². The summed E-state index contributed by atoms with van der Waals surface area (Å²) in [6, 6.07) is 0.807. The smallest absolute Gasteiger partial charge is 0.417 e. The number of cyclic esters (lactones) is 1. The van der Waals surface area contributed by atoms with E-state index in [2.05, 4.69) is 31.8 Å². The van der Waals surface area contributed by atoms with Crippen LogP contribution in [-0.4, -0.2) is 50.7 Å². The van der Waals surface area contributed by atoms with Gasteiger partial charge in [0.25, 0.3) is 5.91 Å². The Bertz CT molecular complexity index is 619. The van der Waals surface area contributed by atoms with E-state index in [1.54, 1.807) is 6.08 Å². The summed E-state index contributed by atoms with van der Waals surface area (Å²) < 4.78 is 9.76. The van der Waals surface area contributed by atoms with Crippen LogP contribution in [0.1, 0.15) is 39.5 Å². The molecule has 1 heterocycles. The fourth-order valence-corrected chi connectivity index (χ4v) is 3.74. The molecule has 0 aromatic rings. The first-order valence-electron chi connectivity index (χ1n) is 10.0. The molecule has 0 radical (unpaired) electrons. The van der Waals surface area contributed by atoms with Gasteiger partial charge >= 0.3 is 12.1 Å². The minimum Gasteiger partial charge on any atom is -0.465 e. The molecule has 28 heavy (non-hydrogen) atoms. The number of allylic oxidation sites excluding steroid dienone is 3. The van der Waals surface area contributed by atoms with E-state index in [1.165, 1.54) is 13.2 Å². The molecule has 1 aliphatic heterocycles. The Kier molecular flexibility index (Phi) is 9.65. The van der Waals surface area contributed by atoms with Gasteiger partial charge in [-0.3, -0.25) is 4.79 Å². The summed E-state index contributed by atoms with van der Waals surface area (Å²) in [4.78, 5) is 38.0. The maximum atomic E-state index is 12.8. The Morgan fingerprint density at radius 1 is 1.21 bits per heavy atom. The first-order valence-corrected chi connectivity index (χ1v) is 13.7. The molecular weight excluding hydrogens is 374 g/mol. The van der Waals surface area contributed by atoms with Crippen molar-refractivity contribution < 1.29 is 23.9 Å². The van der Waals surface area contributed by atoms with Gasteiger partial charge in [0, 0.05) is 8.07 Å². The van der Waals surface area contributed by atoms with E-state index in [9.17, 15) is 14.4 Å². The fourth-order valence-electron chi connectivity index (χ4n) is 2.87. The molecule has 1 atom stereocenters. The minimum absolute atomic E-state index is 0.0391. The molecular formula is C21H35NO5Si. The van der Waals surface area contributed by atoms with Gasteiger partial charge in [0.15, 0.2) is 0 Å². The van der Waals surface area contributed by atoms with Crippen molar-refractivity contribution in [2.75, 3.05) is 13.7 Å². The molecule has 0 aromatic heterocycles. The van der Waals surface area contributed by atoms with E-state index in [1.807, 2.05) is 13.8 Å². The summed E-state index contributed by atoms with van der Waals surface area (Å²) in [7, 11) is 0.194. The summed E-state index contributed by atoms with van der Waals surface area (Å²) in [6.07, 6.45) is 8.73. The highest BCUT2D eigenvalue weighted by molar-refractivity contribution is 6.76.